The second-order valence-corrected chi connectivity index (χ2v) is 1.84. The maximum absolute atomic E-state index is 9.67. The Labute approximate surface area is 51.8 Å². The molecule has 1 saturated heterocycles. The molecule has 0 amide bonds. The van der Waals surface area contributed by atoms with E-state index in [1.54, 1.807) is 0 Å². The van der Waals surface area contributed by atoms with Gasteiger partial charge in [-0.3, -0.25) is 0 Å². The molecule has 46 valence electrons. The Kier molecular flexibility index (Phi) is 1.31. The van der Waals surface area contributed by atoms with Crippen LogP contribution in [0, 0.1) is 11.3 Å². The van der Waals surface area contributed by atoms with E-state index >= 15 is 0 Å². The molecule has 0 atom stereocenters. The van der Waals surface area contributed by atoms with Crippen LogP contribution in [0.15, 0.2) is 4.99 Å². The van der Waals surface area contributed by atoms with Crippen LogP contribution in [0.4, 0.5) is 0 Å². The zero-order valence-corrected chi connectivity index (χ0v) is 4.63. The van der Waals surface area contributed by atoms with Crippen LogP contribution in [0.3, 0.4) is 0 Å². The molecule has 1 aliphatic heterocycles. The Morgan fingerprint density at radius 1 is 1.67 bits per heavy atom. The standard InChI is InChI=1S/C5H4N2O2/c6-1-5(7-4-8)2-9-3-5/h2-3H2. The quantitative estimate of drug-likeness (QED) is 0.353. The van der Waals surface area contributed by atoms with Gasteiger partial charge in [-0.2, -0.15) is 10.3 Å². The van der Waals surface area contributed by atoms with Gasteiger partial charge in [0, 0.05) is 0 Å². The van der Waals surface area contributed by atoms with Crippen LogP contribution in [-0.4, -0.2) is 24.8 Å². The van der Waals surface area contributed by atoms with Gasteiger partial charge in [-0.1, -0.05) is 0 Å². The minimum atomic E-state index is -0.901. The molecule has 1 aliphatic rings. The van der Waals surface area contributed by atoms with E-state index in [9.17, 15) is 4.79 Å². The van der Waals surface area contributed by atoms with Crippen molar-refractivity contribution in [3.05, 3.63) is 0 Å². The predicted molar refractivity (Wildman–Crippen MR) is 27.3 cm³/mol. The van der Waals surface area contributed by atoms with Crippen molar-refractivity contribution in [3.8, 4) is 6.07 Å². The van der Waals surface area contributed by atoms with Crippen molar-refractivity contribution < 1.29 is 9.53 Å². The lowest BCUT2D eigenvalue weighted by Crippen LogP contribution is -2.46. The Hall–Kier alpha value is -1.17. The molecule has 0 N–H and O–H groups in total. The van der Waals surface area contributed by atoms with E-state index in [1.807, 2.05) is 6.07 Å². The third kappa shape index (κ3) is 0.833. The van der Waals surface area contributed by atoms with Gasteiger partial charge < -0.3 is 4.74 Å². The summed E-state index contributed by atoms with van der Waals surface area (Å²) >= 11 is 0. The number of aliphatic imine (C=N–C) groups is 1. The summed E-state index contributed by atoms with van der Waals surface area (Å²) < 4.78 is 4.69. The Balaban J connectivity index is 2.71. The molecule has 9 heavy (non-hydrogen) atoms. The van der Waals surface area contributed by atoms with Crippen LogP contribution in [0.1, 0.15) is 0 Å². The highest BCUT2D eigenvalue weighted by molar-refractivity contribution is 5.37. The Morgan fingerprint density at radius 3 is 2.44 bits per heavy atom. The third-order valence-corrected chi connectivity index (χ3v) is 1.15. The lowest BCUT2D eigenvalue weighted by atomic mass is 10.0. The molecule has 0 aromatic heterocycles. The van der Waals surface area contributed by atoms with E-state index in [2.05, 4.69) is 9.73 Å². The van der Waals surface area contributed by atoms with Crippen LogP contribution in [0.2, 0.25) is 0 Å². The summed E-state index contributed by atoms with van der Waals surface area (Å²) in [5.74, 6) is 0. The summed E-state index contributed by atoms with van der Waals surface area (Å²) in [6, 6.07) is 1.86. The van der Waals surface area contributed by atoms with Crippen LogP contribution >= 0.6 is 0 Å². The minimum absolute atomic E-state index is 0.221. The maximum Gasteiger partial charge on any atom is 0.236 e. The third-order valence-electron chi connectivity index (χ3n) is 1.15. The SMILES string of the molecule is N#CC1(N=C=O)COC1. The van der Waals surface area contributed by atoms with E-state index in [1.165, 1.54) is 6.08 Å². The molecule has 0 unspecified atom stereocenters. The average molecular weight is 124 g/mol. The van der Waals surface area contributed by atoms with Crippen LogP contribution < -0.4 is 0 Å². The molecule has 0 radical (unpaired) electrons. The Morgan fingerprint density at radius 2 is 2.33 bits per heavy atom. The fourth-order valence-corrected chi connectivity index (χ4v) is 0.537. The summed E-state index contributed by atoms with van der Waals surface area (Å²) in [7, 11) is 0. The first kappa shape index (κ1) is 5.96. The van der Waals surface area contributed by atoms with E-state index in [-0.39, 0.29) is 13.2 Å². The number of hydrogen-bond donors (Lipinski definition) is 0. The molecule has 1 fully saturated rings. The van der Waals surface area contributed by atoms with Crippen LogP contribution in [0.5, 0.6) is 0 Å². The summed E-state index contributed by atoms with van der Waals surface area (Å²) in [4.78, 5) is 13.0. The van der Waals surface area contributed by atoms with E-state index in [4.69, 9.17) is 5.26 Å². The summed E-state index contributed by atoms with van der Waals surface area (Å²) in [5.41, 5.74) is -0.901. The van der Waals surface area contributed by atoms with Crippen molar-refractivity contribution in [3.63, 3.8) is 0 Å². The van der Waals surface area contributed by atoms with Crippen LogP contribution in [0.25, 0.3) is 0 Å². The molecular formula is C5H4N2O2. The normalized spacial score (nSPS) is 20.8. The largest absolute Gasteiger partial charge is 0.374 e. The van der Waals surface area contributed by atoms with Gasteiger partial charge >= 0.3 is 0 Å². The first-order valence-electron chi connectivity index (χ1n) is 2.41. The number of isocyanates is 1. The van der Waals surface area contributed by atoms with Gasteiger partial charge in [0.25, 0.3) is 0 Å². The van der Waals surface area contributed by atoms with Crippen molar-refractivity contribution in [2.24, 2.45) is 4.99 Å². The molecule has 0 aliphatic carbocycles. The predicted octanol–water partition coefficient (Wildman–Crippen LogP) is -0.385. The van der Waals surface area contributed by atoms with Gasteiger partial charge in [-0.25, -0.2) is 4.79 Å². The first-order chi connectivity index (χ1) is 4.33. The van der Waals surface area contributed by atoms with Crippen molar-refractivity contribution in [2.75, 3.05) is 13.2 Å². The maximum atomic E-state index is 9.67. The highest BCUT2D eigenvalue weighted by atomic mass is 16.5. The van der Waals surface area contributed by atoms with E-state index in [0.29, 0.717) is 0 Å². The van der Waals surface area contributed by atoms with Gasteiger partial charge in [0.1, 0.15) is 0 Å². The smallest absolute Gasteiger partial charge is 0.236 e. The summed E-state index contributed by atoms with van der Waals surface area (Å²) in [5, 5.41) is 8.36. The fraction of sp³-hybridized carbons (Fsp3) is 0.600. The average Bonchev–Trinajstić information content (AvgIpc) is 1.79. The summed E-state index contributed by atoms with van der Waals surface area (Å²) in [6.45, 7) is 0.442. The number of carbonyl (C=O) groups excluding carboxylic acids is 1. The Bertz CT molecular complexity index is 195. The van der Waals surface area contributed by atoms with Gasteiger partial charge in [-0.15, -0.1) is 0 Å². The van der Waals surface area contributed by atoms with Gasteiger partial charge in [0.05, 0.1) is 19.3 Å². The molecule has 4 nitrogen and oxygen atoms in total. The highest BCUT2D eigenvalue weighted by Crippen LogP contribution is 2.19. The molecule has 0 saturated carbocycles. The molecule has 4 heteroatoms. The van der Waals surface area contributed by atoms with Crippen molar-refractivity contribution in [1.29, 1.82) is 5.26 Å². The van der Waals surface area contributed by atoms with E-state index < -0.39 is 5.54 Å². The molecule has 0 aromatic rings. The number of hydrogen-bond acceptors (Lipinski definition) is 4. The number of rotatable bonds is 1. The molecule has 0 spiro atoms. The lowest BCUT2D eigenvalue weighted by molar-refractivity contribution is -0.0225. The van der Waals surface area contributed by atoms with Crippen LogP contribution in [-0.2, 0) is 9.53 Å². The number of nitrogens with zero attached hydrogens (tertiary/aromatic N) is 2. The number of ether oxygens (including phenoxy) is 1. The van der Waals surface area contributed by atoms with Crippen molar-refractivity contribution >= 4 is 6.08 Å². The fourth-order valence-electron chi connectivity index (χ4n) is 0.537. The van der Waals surface area contributed by atoms with Crippen molar-refractivity contribution in [1.82, 2.24) is 0 Å². The second kappa shape index (κ2) is 1.98. The highest BCUT2D eigenvalue weighted by Gasteiger charge is 2.38. The van der Waals surface area contributed by atoms with Crippen molar-refractivity contribution in [2.45, 2.75) is 5.54 Å². The van der Waals surface area contributed by atoms with Gasteiger partial charge in [0.2, 0.25) is 11.6 Å². The topological polar surface area (TPSA) is 62.5 Å². The lowest BCUT2D eigenvalue weighted by Gasteiger charge is -2.28. The second-order valence-electron chi connectivity index (χ2n) is 1.84. The molecule has 0 bridgehead atoms. The summed E-state index contributed by atoms with van der Waals surface area (Å²) in [6.07, 6.45) is 1.33. The van der Waals surface area contributed by atoms with Gasteiger partial charge in [-0.05, 0) is 0 Å². The molecule has 1 heterocycles. The zero-order chi connectivity index (χ0) is 6.74. The number of nitriles is 1. The minimum Gasteiger partial charge on any atom is -0.374 e. The molecule has 1 rings (SSSR count). The first-order valence-corrected chi connectivity index (χ1v) is 2.41. The van der Waals surface area contributed by atoms with Gasteiger partial charge in [0.15, 0.2) is 0 Å². The zero-order valence-electron chi connectivity index (χ0n) is 4.63. The monoisotopic (exact) mass is 124 g/mol. The molecular weight excluding hydrogens is 120 g/mol. The molecule has 0 aromatic carbocycles. The van der Waals surface area contributed by atoms with E-state index in [0.717, 1.165) is 0 Å².